The highest BCUT2D eigenvalue weighted by Crippen LogP contribution is 2.41. The number of hydrogen-bond acceptors (Lipinski definition) is 5. The van der Waals surface area contributed by atoms with Gasteiger partial charge in [0.05, 0.1) is 16.6 Å². The van der Waals surface area contributed by atoms with Crippen molar-refractivity contribution in [3.63, 3.8) is 0 Å². The number of fused-ring (bicyclic) bond motifs is 1. The molecular weight excluding hydrogens is 320 g/mol. The van der Waals surface area contributed by atoms with Crippen molar-refractivity contribution < 1.29 is 14.1 Å². The van der Waals surface area contributed by atoms with Gasteiger partial charge in [-0.3, -0.25) is 9.59 Å². The average Bonchev–Trinajstić information content (AvgIpc) is 3.37. The maximum atomic E-state index is 13.2. The van der Waals surface area contributed by atoms with Crippen molar-refractivity contribution >= 4 is 22.9 Å². The van der Waals surface area contributed by atoms with Crippen LogP contribution in [0.5, 0.6) is 0 Å². The van der Waals surface area contributed by atoms with E-state index in [0.29, 0.717) is 48.6 Å². The van der Waals surface area contributed by atoms with Gasteiger partial charge in [0.25, 0.3) is 11.6 Å². The number of aromatic nitrogens is 2. The molecule has 1 N–H and O–H groups in total. The summed E-state index contributed by atoms with van der Waals surface area (Å²) in [7, 11) is 0. The predicted molar refractivity (Wildman–Crippen MR) is 91.4 cm³/mol. The van der Waals surface area contributed by atoms with Gasteiger partial charge in [0, 0.05) is 37.7 Å². The number of carbonyl (C=O) groups excluding carboxylic acids is 2. The van der Waals surface area contributed by atoms with E-state index >= 15 is 0 Å². The van der Waals surface area contributed by atoms with Gasteiger partial charge in [0.15, 0.2) is 0 Å². The van der Waals surface area contributed by atoms with Gasteiger partial charge in [-0.1, -0.05) is 19.0 Å². The lowest BCUT2D eigenvalue weighted by molar-refractivity contribution is -0.120. The minimum absolute atomic E-state index is 0.0123. The van der Waals surface area contributed by atoms with Crippen molar-refractivity contribution in [2.75, 3.05) is 19.6 Å². The van der Waals surface area contributed by atoms with Crippen LogP contribution in [0.1, 0.15) is 66.7 Å². The zero-order valence-electron chi connectivity index (χ0n) is 14.5. The average molecular weight is 342 g/mol. The Bertz CT molecular complexity index is 838. The van der Waals surface area contributed by atoms with Gasteiger partial charge in [0.1, 0.15) is 0 Å². The molecule has 1 saturated carbocycles. The molecule has 7 heteroatoms. The Hall–Kier alpha value is -2.44. The van der Waals surface area contributed by atoms with E-state index < -0.39 is 0 Å². The van der Waals surface area contributed by atoms with Gasteiger partial charge in [-0.2, -0.15) is 0 Å². The SMILES string of the molecule is CC(C)c1noc2nc(C3CC3)cc(C(=O)N3CCNC(=O)CC3)c12. The van der Waals surface area contributed by atoms with Crippen molar-refractivity contribution in [1.29, 1.82) is 0 Å². The summed E-state index contributed by atoms with van der Waals surface area (Å²) in [6, 6.07) is 1.91. The number of pyridine rings is 1. The number of hydrogen-bond donors (Lipinski definition) is 1. The molecule has 0 radical (unpaired) electrons. The molecule has 2 aliphatic rings. The Kier molecular flexibility index (Phi) is 3.94. The molecule has 2 aromatic rings. The third-order valence-electron chi connectivity index (χ3n) is 4.87. The van der Waals surface area contributed by atoms with Crippen LogP contribution in [0, 0.1) is 0 Å². The Morgan fingerprint density at radius 1 is 1.36 bits per heavy atom. The first-order chi connectivity index (χ1) is 12.0. The third kappa shape index (κ3) is 2.99. The molecular formula is C18H22N4O3. The number of rotatable bonds is 3. The summed E-state index contributed by atoms with van der Waals surface area (Å²) in [5, 5.41) is 7.68. The van der Waals surface area contributed by atoms with Crippen molar-refractivity contribution in [2.24, 2.45) is 0 Å². The van der Waals surface area contributed by atoms with Crippen molar-refractivity contribution in [3.05, 3.63) is 23.0 Å². The summed E-state index contributed by atoms with van der Waals surface area (Å²) in [4.78, 5) is 31.1. The number of nitrogens with one attached hydrogen (secondary N) is 1. The minimum atomic E-state index is -0.0732. The first-order valence-electron chi connectivity index (χ1n) is 8.90. The molecule has 0 atom stereocenters. The molecule has 0 unspecified atom stereocenters. The molecule has 1 aliphatic heterocycles. The fourth-order valence-corrected chi connectivity index (χ4v) is 3.28. The Morgan fingerprint density at radius 3 is 2.88 bits per heavy atom. The van der Waals surface area contributed by atoms with Gasteiger partial charge in [0.2, 0.25) is 5.91 Å². The van der Waals surface area contributed by atoms with Crippen LogP contribution in [0.2, 0.25) is 0 Å². The first-order valence-corrected chi connectivity index (χ1v) is 8.90. The molecule has 4 rings (SSSR count). The van der Waals surface area contributed by atoms with Crippen LogP contribution in [0.15, 0.2) is 10.6 Å². The fraction of sp³-hybridized carbons (Fsp3) is 0.556. The quantitative estimate of drug-likeness (QED) is 0.924. The summed E-state index contributed by atoms with van der Waals surface area (Å²) in [6.07, 6.45) is 2.52. The number of carbonyl (C=O) groups is 2. The topological polar surface area (TPSA) is 88.3 Å². The molecule has 0 aromatic carbocycles. The monoisotopic (exact) mass is 342 g/mol. The number of nitrogens with zero attached hydrogens (tertiary/aromatic N) is 3. The molecule has 2 fully saturated rings. The minimum Gasteiger partial charge on any atom is -0.354 e. The van der Waals surface area contributed by atoms with Gasteiger partial charge in [-0.25, -0.2) is 4.98 Å². The highest BCUT2D eigenvalue weighted by Gasteiger charge is 2.31. The molecule has 25 heavy (non-hydrogen) atoms. The summed E-state index contributed by atoms with van der Waals surface area (Å²) < 4.78 is 5.45. The molecule has 2 amide bonds. The van der Waals surface area contributed by atoms with Crippen LogP contribution in [-0.4, -0.2) is 46.5 Å². The van der Waals surface area contributed by atoms with E-state index in [4.69, 9.17) is 4.52 Å². The van der Waals surface area contributed by atoms with Crippen LogP contribution in [0.3, 0.4) is 0 Å². The second-order valence-corrected chi connectivity index (χ2v) is 7.16. The fourth-order valence-electron chi connectivity index (χ4n) is 3.28. The highest BCUT2D eigenvalue weighted by molar-refractivity contribution is 6.06. The van der Waals surface area contributed by atoms with E-state index in [9.17, 15) is 9.59 Å². The van der Waals surface area contributed by atoms with Crippen molar-refractivity contribution in [2.45, 2.75) is 44.9 Å². The zero-order valence-corrected chi connectivity index (χ0v) is 14.5. The highest BCUT2D eigenvalue weighted by atomic mass is 16.5. The Labute approximate surface area is 145 Å². The standard InChI is InChI=1S/C18H22N4O3/c1-10(2)16-15-12(18(24)22-7-5-14(23)19-6-8-22)9-13(11-3-4-11)20-17(15)25-21-16/h9-11H,3-8H2,1-2H3,(H,19,23). The van der Waals surface area contributed by atoms with Gasteiger partial charge in [-0.05, 0) is 24.8 Å². The smallest absolute Gasteiger partial charge is 0.259 e. The number of amides is 2. The molecule has 0 bridgehead atoms. The maximum Gasteiger partial charge on any atom is 0.259 e. The lowest BCUT2D eigenvalue weighted by atomic mass is 10.0. The van der Waals surface area contributed by atoms with Crippen molar-refractivity contribution in [1.82, 2.24) is 20.4 Å². The van der Waals surface area contributed by atoms with E-state index in [1.807, 2.05) is 19.9 Å². The molecule has 1 aliphatic carbocycles. The first kappa shape index (κ1) is 16.1. The molecule has 132 valence electrons. The van der Waals surface area contributed by atoms with E-state index in [0.717, 1.165) is 24.2 Å². The summed E-state index contributed by atoms with van der Waals surface area (Å²) in [5.41, 5.74) is 2.72. The van der Waals surface area contributed by atoms with E-state index in [-0.39, 0.29) is 17.7 Å². The molecule has 0 spiro atoms. The van der Waals surface area contributed by atoms with Gasteiger partial charge >= 0.3 is 0 Å². The molecule has 3 heterocycles. The van der Waals surface area contributed by atoms with E-state index in [1.165, 1.54) is 0 Å². The van der Waals surface area contributed by atoms with Gasteiger partial charge < -0.3 is 14.7 Å². The Balaban J connectivity index is 1.79. The van der Waals surface area contributed by atoms with Crippen LogP contribution >= 0.6 is 0 Å². The van der Waals surface area contributed by atoms with Crippen LogP contribution in [0.25, 0.3) is 11.1 Å². The van der Waals surface area contributed by atoms with Gasteiger partial charge in [-0.15, -0.1) is 0 Å². The lowest BCUT2D eigenvalue weighted by Crippen LogP contribution is -2.34. The molecule has 1 saturated heterocycles. The second kappa shape index (κ2) is 6.13. The summed E-state index contributed by atoms with van der Waals surface area (Å²) in [5.74, 6) is 0.460. The van der Waals surface area contributed by atoms with E-state index in [1.54, 1.807) is 4.90 Å². The normalized spacial score (nSPS) is 18.5. The predicted octanol–water partition coefficient (Wildman–Crippen LogP) is 2.19. The zero-order chi connectivity index (χ0) is 17.6. The van der Waals surface area contributed by atoms with Crippen LogP contribution < -0.4 is 5.32 Å². The summed E-state index contributed by atoms with van der Waals surface area (Å²) in [6.45, 7) is 5.46. The van der Waals surface area contributed by atoms with Crippen LogP contribution in [0.4, 0.5) is 0 Å². The largest absolute Gasteiger partial charge is 0.354 e. The maximum absolute atomic E-state index is 13.2. The van der Waals surface area contributed by atoms with Crippen LogP contribution in [-0.2, 0) is 4.79 Å². The lowest BCUT2D eigenvalue weighted by Gasteiger charge is -2.20. The summed E-state index contributed by atoms with van der Waals surface area (Å²) >= 11 is 0. The van der Waals surface area contributed by atoms with Crippen molar-refractivity contribution in [3.8, 4) is 0 Å². The third-order valence-corrected chi connectivity index (χ3v) is 4.87. The second-order valence-electron chi connectivity index (χ2n) is 7.16. The molecule has 7 nitrogen and oxygen atoms in total. The van der Waals surface area contributed by atoms with E-state index in [2.05, 4.69) is 15.5 Å². The molecule has 2 aromatic heterocycles. The Morgan fingerprint density at radius 2 is 2.16 bits per heavy atom.